The van der Waals surface area contributed by atoms with Gasteiger partial charge in [-0.2, -0.15) is 13.2 Å². The summed E-state index contributed by atoms with van der Waals surface area (Å²) < 4.78 is 45.4. The van der Waals surface area contributed by atoms with Gasteiger partial charge in [0.2, 0.25) is 5.43 Å². The number of ether oxygens (including phenoxy) is 1. The van der Waals surface area contributed by atoms with Crippen LogP contribution in [0.4, 0.5) is 13.2 Å². The Morgan fingerprint density at radius 3 is 2.49 bits per heavy atom. The first-order valence-corrected chi connectivity index (χ1v) is 12.3. The number of aromatic nitrogens is 1. The van der Waals surface area contributed by atoms with Gasteiger partial charge in [0.05, 0.1) is 24.2 Å². The number of aryl methyl sites for hydroxylation is 1. The van der Waals surface area contributed by atoms with Crippen molar-refractivity contribution in [2.75, 3.05) is 6.61 Å². The third-order valence-corrected chi connectivity index (χ3v) is 7.10. The molecule has 194 valence electrons. The van der Waals surface area contributed by atoms with Gasteiger partial charge in [0, 0.05) is 29.7 Å². The zero-order valence-electron chi connectivity index (χ0n) is 19.5. The fraction of sp³-hybridized carbons (Fsp3) is 0.231. The predicted octanol–water partition coefficient (Wildman–Crippen LogP) is 5.45. The Hall–Kier alpha value is -3.18. The van der Waals surface area contributed by atoms with Gasteiger partial charge in [-0.1, -0.05) is 35.9 Å². The molecule has 1 atom stereocenters. The van der Waals surface area contributed by atoms with Gasteiger partial charge in [-0.05, 0) is 41.5 Å². The number of hydrogen-bond acceptors (Lipinski definition) is 5. The Morgan fingerprint density at radius 1 is 1.16 bits per heavy atom. The van der Waals surface area contributed by atoms with E-state index >= 15 is 0 Å². The molecule has 0 bridgehead atoms. The number of fused-ring (bicyclic) bond motifs is 1. The van der Waals surface area contributed by atoms with Crippen LogP contribution in [-0.2, 0) is 31.1 Å². The summed E-state index contributed by atoms with van der Waals surface area (Å²) in [6, 6.07) is 12.9. The summed E-state index contributed by atoms with van der Waals surface area (Å²) in [4.78, 5) is 27.1. The molecule has 1 amide bonds. The van der Waals surface area contributed by atoms with Crippen LogP contribution < -0.4 is 10.7 Å². The molecule has 0 fully saturated rings. The van der Waals surface area contributed by atoms with E-state index in [-0.39, 0.29) is 25.3 Å². The van der Waals surface area contributed by atoms with Gasteiger partial charge in [0.15, 0.2) is 0 Å². The standard InChI is InChI=1S/C26H22ClF3N2O4S/c1-32-12-21(24(35)31-11-15-2-8-18(27)9-3-15)23(34)20-10-19(37-25(20)32)13-36-14-22(33)16-4-6-17(7-5-16)26(28,29)30/h2-10,12,22,33H,11,13-14H2,1H3,(H,31,35)/t22-/m1/s1. The topological polar surface area (TPSA) is 80.6 Å². The number of nitrogens with one attached hydrogen (secondary N) is 1. The second-order valence-corrected chi connectivity index (χ2v) is 9.93. The molecule has 37 heavy (non-hydrogen) atoms. The zero-order valence-corrected chi connectivity index (χ0v) is 21.1. The Bertz CT molecular complexity index is 1460. The molecule has 0 unspecified atom stereocenters. The Balaban J connectivity index is 1.40. The van der Waals surface area contributed by atoms with E-state index in [4.69, 9.17) is 16.3 Å². The number of benzene rings is 2. The number of thiophene rings is 1. The molecule has 0 aliphatic rings. The van der Waals surface area contributed by atoms with Gasteiger partial charge in [-0.25, -0.2) is 0 Å². The Kier molecular flexibility index (Phi) is 8.03. The highest BCUT2D eigenvalue weighted by molar-refractivity contribution is 7.18. The molecule has 0 spiro atoms. The van der Waals surface area contributed by atoms with Crippen molar-refractivity contribution in [2.45, 2.75) is 25.4 Å². The highest BCUT2D eigenvalue weighted by Gasteiger charge is 2.30. The van der Waals surface area contributed by atoms with Crippen LogP contribution in [0.5, 0.6) is 0 Å². The fourth-order valence-electron chi connectivity index (χ4n) is 3.69. The van der Waals surface area contributed by atoms with Gasteiger partial charge in [-0.15, -0.1) is 11.3 Å². The molecule has 0 radical (unpaired) electrons. The summed E-state index contributed by atoms with van der Waals surface area (Å²) in [5.74, 6) is -0.499. The average Bonchev–Trinajstić information content (AvgIpc) is 3.30. The largest absolute Gasteiger partial charge is 0.416 e. The van der Waals surface area contributed by atoms with Crippen LogP contribution in [0, 0.1) is 0 Å². The van der Waals surface area contributed by atoms with Gasteiger partial charge >= 0.3 is 6.18 Å². The summed E-state index contributed by atoms with van der Waals surface area (Å²) in [5, 5.41) is 14.0. The first-order valence-electron chi connectivity index (χ1n) is 11.1. The lowest BCUT2D eigenvalue weighted by molar-refractivity contribution is -0.137. The number of aliphatic hydroxyl groups excluding tert-OH is 1. The molecular weight excluding hydrogens is 529 g/mol. The summed E-state index contributed by atoms with van der Waals surface area (Å²) in [6.45, 7) is 0.171. The number of pyridine rings is 1. The first-order chi connectivity index (χ1) is 17.5. The minimum atomic E-state index is -4.45. The molecule has 0 aliphatic heterocycles. The number of alkyl halides is 3. The molecule has 0 saturated carbocycles. The van der Waals surface area contributed by atoms with Crippen LogP contribution in [-0.4, -0.2) is 22.2 Å². The summed E-state index contributed by atoms with van der Waals surface area (Å²) in [7, 11) is 1.73. The van der Waals surface area contributed by atoms with E-state index in [0.717, 1.165) is 17.7 Å². The van der Waals surface area contributed by atoms with Gasteiger partial charge in [0.25, 0.3) is 5.91 Å². The van der Waals surface area contributed by atoms with Crippen LogP contribution >= 0.6 is 22.9 Å². The van der Waals surface area contributed by atoms with Crippen LogP contribution in [0.25, 0.3) is 10.2 Å². The van der Waals surface area contributed by atoms with Crippen molar-refractivity contribution in [3.8, 4) is 0 Å². The number of halogens is 4. The molecule has 4 aromatic rings. The van der Waals surface area contributed by atoms with E-state index in [9.17, 15) is 27.9 Å². The minimum absolute atomic E-state index is 0.00644. The van der Waals surface area contributed by atoms with E-state index in [1.165, 1.54) is 29.7 Å². The van der Waals surface area contributed by atoms with Gasteiger partial charge < -0.3 is 19.7 Å². The van der Waals surface area contributed by atoms with Crippen molar-refractivity contribution in [1.29, 1.82) is 0 Å². The van der Waals surface area contributed by atoms with Crippen molar-refractivity contribution in [2.24, 2.45) is 7.05 Å². The lowest BCUT2D eigenvalue weighted by atomic mass is 10.1. The molecule has 2 heterocycles. The monoisotopic (exact) mass is 550 g/mol. The number of carbonyl (C=O) groups is 1. The number of hydrogen-bond donors (Lipinski definition) is 2. The third-order valence-electron chi connectivity index (χ3n) is 5.65. The van der Waals surface area contributed by atoms with Crippen LogP contribution in [0.15, 0.2) is 65.6 Å². The normalized spacial score (nSPS) is 12.6. The number of amides is 1. The molecule has 0 aliphatic carbocycles. The van der Waals surface area contributed by atoms with Crippen molar-refractivity contribution < 1.29 is 27.8 Å². The second-order valence-electron chi connectivity index (χ2n) is 8.37. The number of carbonyl (C=O) groups excluding carboxylic acids is 1. The molecule has 2 N–H and O–H groups in total. The van der Waals surface area contributed by atoms with Crippen molar-refractivity contribution in [3.63, 3.8) is 0 Å². The van der Waals surface area contributed by atoms with Crippen LogP contribution in [0.1, 0.15) is 38.0 Å². The zero-order chi connectivity index (χ0) is 26.7. The Labute approximate surface area is 218 Å². The minimum Gasteiger partial charge on any atom is -0.386 e. The highest BCUT2D eigenvalue weighted by Crippen LogP contribution is 2.30. The maximum absolute atomic E-state index is 13.0. The summed E-state index contributed by atoms with van der Waals surface area (Å²) in [5.41, 5.74) is -0.0640. The molecule has 4 rings (SSSR count). The number of aliphatic hydroxyl groups is 1. The fourth-order valence-corrected chi connectivity index (χ4v) is 4.84. The third kappa shape index (κ3) is 6.40. The Morgan fingerprint density at radius 2 is 1.84 bits per heavy atom. The van der Waals surface area contributed by atoms with Crippen molar-refractivity contribution >= 4 is 39.1 Å². The smallest absolute Gasteiger partial charge is 0.386 e. The van der Waals surface area contributed by atoms with E-state index in [1.54, 1.807) is 41.9 Å². The lowest BCUT2D eigenvalue weighted by Crippen LogP contribution is -2.29. The SMILES string of the molecule is Cn1cc(C(=O)NCc2ccc(Cl)cc2)c(=O)c2cc(COC[C@@H](O)c3ccc(C(F)(F)F)cc3)sc21. The van der Waals surface area contributed by atoms with Crippen LogP contribution in [0.3, 0.4) is 0 Å². The lowest BCUT2D eigenvalue weighted by Gasteiger charge is -2.13. The first kappa shape index (κ1) is 26.9. The van der Waals surface area contributed by atoms with E-state index in [0.29, 0.717) is 25.7 Å². The van der Waals surface area contributed by atoms with Crippen LogP contribution in [0.2, 0.25) is 5.02 Å². The van der Waals surface area contributed by atoms with Crippen molar-refractivity contribution in [1.82, 2.24) is 9.88 Å². The number of nitrogens with zero attached hydrogens (tertiary/aromatic N) is 1. The molecule has 0 saturated heterocycles. The average molecular weight is 551 g/mol. The second kappa shape index (κ2) is 11.1. The molecule has 11 heteroatoms. The quantitative estimate of drug-likeness (QED) is 0.306. The molecule has 2 aromatic carbocycles. The molecular formula is C26H22ClF3N2O4S. The summed E-state index contributed by atoms with van der Waals surface area (Å²) >= 11 is 7.18. The highest BCUT2D eigenvalue weighted by atomic mass is 35.5. The van der Waals surface area contributed by atoms with Crippen molar-refractivity contribution in [3.05, 3.63) is 103 Å². The predicted molar refractivity (Wildman–Crippen MR) is 136 cm³/mol. The number of rotatable bonds is 8. The maximum Gasteiger partial charge on any atom is 0.416 e. The van der Waals surface area contributed by atoms with Gasteiger partial charge in [0.1, 0.15) is 16.5 Å². The molecule has 6 nitrogen and oxygen atoms in total. The van der Waals surface area contributed by atoms with Gasteiger partial charge in [-0.3, -0.25) is 9.59 Å². The maximum atomic E-state index is 13.0. The summed E-state index contributed by atoms with van der Waals surface area (Å²) in [6.07, 6.45) is -4.08. The molecule has 2 aromatic heterocycles. The van der Waals surface area contributed by atoms with E-state index in [2.05, 4.69) is 5.32 Å². The van der Waals surface area contributed by atoms with E-state index in [1.807, 2.05) is 0 Å². The van der Waals surface area contributed by atoms with E-state index < -0.39 is 29.2 Å².